The summed E-state index contributed by atoms with van der Waals surface area (Å²) in [6.45, 7) is 11.3. The summed E-state index contributed by atoms with van der Waals surface area (Å²) in [7, 11) is 0. The molecule has 0 heterocycles. The minimum absolute atomic E-state index is 0.254. The van der Waals surface area contributed by atoms with E-state index in [4.69, 9.17) is 0 Å². The molecule has 0 nitrogen and oxygen atoms in total. The average molecular weight is 297 g/mol. The van der Waals surface area contributed by atoms with Crippen molar-refractivity contribution >= 4 is 15.9 Å². The first-order valence-corrected chi connectivity index (χ1v) is 7.44. The van der Waals surface area contributed by atoms with Crippen LogP contribution >= 0.6 is 15.9 Å². The number of halogens is 1. The lowest BCUT2D eigenvalue weighted by Gasteiger charge is -2.19. The van der Waals surface area contributed by atoms with Gasteiger partial charge < -0.3 is 0 Å². The summed E-state index contributed by atoms with van der Waals surface area (Å²) in [5, 5.41) is 0. The molecule has 0 spiro atoms. The summed E-state index contributed by atoms with van der Waals surface area (Å²) in [5.41, 5.74) is 3.10. The van der Waals surface area contributed by atoms with Crippen LogP contribution in [0.5, 0.6) is 0 Å². The summed E-state index contributed by atoms with van der Waals surface area (Å²) < 4.78 is 0. The molecule has 1 atom stereocenters. The Balaban J connectivity index is 2.63. The Labute approximate surface area is 115 Å². The molecule has 1 aromatic carbocycles. The second kappa shape index (κ2) is 6.04. The van der Waals surface area contributed by atoms with Crippen molar-refractivity contribution in [3.63, 3.8) is 0 Å². The molecule has 0 saturated carbocycles. The zero-order valence-electron chi connectivity index (χ0n) is 11.8. The van der Waals surface area contributed by atoms with E-state index in [-0.39, 0.29) is 5.41 Å². The predicted octanol–water partition coefficient (Wildman–Crippen LogP) is 5.34. The second-order valence-electron chi connectivity index (χ2n) is 6.38. The van der Waals surface area contributed by atoms with Gasteiger partial charge in [0.15, 0.2) is 0 Å². The fourth-order valence-corrected chi connectivity index (χ4v) is 3.11. The van der Waals surface area contributed by atoms with Crippen molar-refractivity contribution < 1.29 is 0 Å². The molecule has 0 fully saturated rings. The molecular weight excluding hydrogens is 272 g/mol. The van der Waals surface area contributed by atoms with Gasteiger partial charge in [0.05, 0.1) is 0 Å². The van der Waals surface area contributed by atoms with Crippen molar-refractivity contribution in [3.05, 3.63) is 35.4 Å². The van der Waals surface area contributed by atoms with Crippen LogP contribution in [0.2, 0.25) is 0 Å². The van der Waals surface area contributed by atoms with E-state index in [1.54, 1.807) is 0 Å². The fraction of sp³-hybridized carbons (Fsp3) is 0.625. The topological polar surface area (TPSA) is 0 Å². The van der Waals surface area contributed by atoms with E-state index in [1.807, 2.05) is 0 Å². The maximum absolute atomic E-state index is 3.77. The van der Waals surface area contributed by atoms with Crippen LogP contribution in [0.3, 0.4) is 0 Å². The van der Waals surface area contributed by atoms with Crippen LogP contribution in [0.4, 0.5) is 0 Å². The highest BCUT2D eigenvalue weighted by molar-refractivity contribution is 9.09. The van der Waals surface area contributed by atoms with Crippen molar-refractivity contribution in [3.8, 4) is 0 Å². The minimum Gasteiger partial charge on any atom is -0.0887 e. The van der Waals surface area contributed by atoms with Gasteiger partial charge in [-0.3, -0.25) is 0 Å². The van der Waals surface area contributed by atoms with Gasteiger partial charge >= 0.3 is 0 Å². The summed E-state index contributed by atoms with van der Waals surface area (Å²) in [6.07, 6.45) is 2.36. The maximum Gasteiger partial charge on any atom is 0.0188 e. The van der Waals surface area contributed by atoms with Gasteiger partial charge in [-0.05, 0) is 35.3 Å². The number of hydrogen-bond acceptors (Lipinski definition) is 0. The van der Waals surface area contributed by atoms with Crippen LogP contribution in [0.15, 0.2) is 24.3 Å². The largest absolute Gasteiger partial charge is 0.0887 e. The molecular formula is C16H25Br. The Morgan fingerprint density at radius 1 is 1.06 bits per heavy atom. The molecule has 0 aromatic heterocycles. The summed E-state index contributed by atoms with van der Waals surface area (Å²) in [6, 6.07) is 9.08. The van der Waals surface area contributed by atoms with Crippen LogP contribution in [0.1, 0.15) is 52.2 Å². The van der Waals surface area contributed by atoms with Gasteiger partial charge in [0.1, 0.15) is 0 Å². The Morgan fingerprint density at radius 2 is 1.59 bits per heavy atom. The third kappa shape index (κ3) is 5.25. The second-order valence-corrected chi connectivity index (χ2v) is 7.67. The Hall–Kier alpha value is -0.300. The zero-order chi connectivity index (χ0) is 13.1. The molecule has 1 heteroatoms. The van der Waals surface area contributed by atoms with Gasteiger partial charge in [-0.15, -0.1) is 0 Å². The van der Waals surface area contributed by atoms with Crippen LogP contribution in [-0.4, -0.2) is 4.83 Å². The van der Waals surface area contributed by atoms with Gasteiger partial charge in [0.25, 0.3) is 0 Å². The third-order valence-electron chi connectivity index (χ3n) is 3.00. The predicted molar refractivity (Wildman–Crippen MR) is 81.0 cm³/mol. The molecule has 0 aliphatic carbocycles. The van der Waals surface area contributed by atoms with Gasteiger partial charge in [-0.1, -0.05) is 74.8 Å². The van der Waals surface area contributed by atoms with Crippen LogP contribution in [0.25, 0.3) is 0 Å². The number of benzene rings is 1. The Bertz CT molecular complexity index is 330. The van der Waals surface area contributed by atoms with E-state index in [9.17, 15) is 0 Å². The highest BCUT2D eigenvalue weighted by Crippen LogP contribution is 2.24. The Morgan fingerprint density at radius 3 is 2.00 bits per heavy atom. The molecule has 0 amide bonds. The first-order chi connectivity index (χ1) is 7.79. The molecule has 96 valence electrons. The molecule has 17 heavy (non-hydrogen) atoms. The SMILES string of the molecule is CC(C)CC(Br)Cc1ccc(C(C)(C)C)cc1. The number of rotatable bonds is 4. The van der Waals surface area contributed by atoms with E-state index in [0.717, 1.165) is 12.3 Å². The Kier molecular flexibility index (Phi) is 5.24. The van der Waals surface area contributed by atoms with Gasteiger partial charge in [-0.25, -0.2) is 0 Å². The summed E-state index contributed by atoms with van der Waals surface area (Å²) in [5.74, 6) is 0.758. The van der Waals surface area contributed by atoms with Crippen molar-refractivity contribution in [1.29, 1.82) is 0 Å². The van der Waals surface area contributed by atoms with E-state index in [2.05, 4.69) is 74.8 Å². The molecule has 0 radical (unpaired) electrons. The molecule has 0 N–H and O–H groups in total. The maximum atomic E-state index is 3.77. The molecule has 0 saturated heterocycles. The van der Waals surface area contributed by atoms with Crippen LogP contribution < -0.4 is 0 Å². The molecule has 1 rings (SSSR count). The third-order valence-corrected chi connectivity index (χ3v) is 3.70. The first kappa shape index (κ1) is 14.8. The van der Waals surface area contributed by atoms with E-state index < -0.39 is 0 Å². The minimum atomic E-state index is 0.254. The fourth-order valence-electron chi connectivity index (χ4n) is 1.99. The smallest absolute Gasteiger partial charge is 0.0188 e. The summed E-state index contributed by atoms with van der Waals surface area (Å²) >= 11 is 3.77. The van der Waals surface area contributed by atoms with Crippen molar-refractivity contribution in [2.75, 3.05) is 0 Å². The van der Waals surface area contributed by atoms with Crippen molar-refractivity contribution in [2.45, 2.75) is 57.7 Å². The van der Waals surface area contributed by atoms with Gasteiger partial charge in [-0.2, -0.15) is 0 Å². The van der Waals surface area contributed by atoms with Crippen LogP contribution in [-0.2, 0) is 11.8 Å². The van der Waals surface area contributed by atoms with E-state index in [1.165, 1.54) is 17.5 Å². The number of hydrogen-bond donors (Lipinski definition) is 0. The molecule has 0 bridgehead atoms. The molecule has 0 aliphatic rings. The summed E-state index contributed by atoms with van der Waals surface area (Å²) in [4.78, 5) is 0.600. The lowest BCUT2D eigenvalue weighted by Crippen LogP contribution is -2.11. The molecule has 1 aromatic rings. The van der Waals surface area contributed by atoms with Crippen molar-refractivity contribution in [2.24, 2.45) is 5.92 Å². The first-order valence-electron chi connectivity index (χ1n) is 6.52. The number of alkyl halides is 1. The molecule has 0 aliphatic heterocycles. The highest BCUT2D eigenvalue weighted by Gasteiger charge is 2.13. The molecule has 1 unspecified atom stereocenters. The van der Waals surface area contributed by atoms with Gasteiger partial charge in [0, 0.05) is 4.83 Å². The quantitative estimate of drug-likeness (QED) is 0.658. The lowest BCUT2D eigenvalue weighted by atomic mass is 9.86. The normalized spacial score (nSPS) is 14.1. The van der Waals surface area contributed by atoms with Crippen LogP contribution in [0, 0.1) is 5.92 Å². The lowest BCUT2D eigenvalue weighted by molar-refractivity contribution is 0.570. The zero-order valence-corrected chi connectivity index (χ0v) is 13.3. The van der Waals surface area contributed by atoms with E-state index in [0.29, 0.717) is 4.83 Å². The highest BCUT2D eigenvalue weighted by atomic mass is 79.9. The van der Waals surface area contributed by atoms with Crippen molar-refractivity contribution in [1.82, 2.24) is 0 Å². The van der Waals surface area contributed by atoms with E-state index >= 15 is 0 Å². The standard InChI is InChI=1S/C16H25Br/c1-12(2)10-15(17)11-13-6-8-14(9-7-13)16(3,4)5/h6-9,12,15H,10-11H2,1-5H3. The average Bonchev–Trinajstić information content (AvgIpc) is 2.15. The monoisotopic (exact) mass is 296 g/mol. The van der Waals surface area contributed by atoms with Gasteiger partial charge in [0.2, 0.25) is 0 Å².